The number of hydrogen-bond donors (Lipinski definition) is 2. The molecule has 1 fully saturated rings. The number of methoxy groups -OCH3 is 1. The highest BCUT2D eigenvalue weighted by Gasteiger charge is 2.33. The lowest BCUT2D eigenvalue weighted by Crippen LogP contribution is -2.53. The summed E-state index contributed by atoms with van der Waals surface area (Å²) in [5.41, 5.74) is 3.09. The van der Waals surface area contributed by atoms with E-state index in [4.69, 9.17) is 9.47 Å². The van der Waals surface area contributed by atoms with Gasteiger partial charge in [-0.25, -0.2) is 9.18 Å². The third-order valence-electron chi connectivity index (χ3n) is 6.78. The monoisotopic (exact) mass is 510 g/mol. The van der Waals surface area contributed by atoms with Crippen molar-refractivity contribution < 1.29 is 28.2 Å². The number of halogens is 1. The molecule has 1 aromatic carbocycles. The van der Waals surface area contributed by atoms with Crippen LogP contribution in [0.3, 0.4) is 0 Å². The maximum absolute atomic E-state index is 13.2. The Kier molecular flexibility index (Phi) is 8.60. The van der Waals surface area contributed by atoms with Crippen molar-refractivity contribution in [2.45, 2.75) is 51.1 Å². The van der Waals surface area contributed by atoms with Crippen LogP contribution < -0.4 is 10.6 Å². The number of nitrogens with one attached hydrogen (secondary N) is 2. The number of pyridine rings is 1. The van der Waals surface area contributed by atoms with Gasteiger partial charge in [-0.15, -0.1) is 0 Å². The number of aromatic nitrogens is 1. The molecule has 2 amide bonds. The first-order valence-electron chi connectivity index (χ1n) is 12.4. The number of aliphatic imine (C=N–C) groups is 1. The van der Waals surface area contributed by atoms with Gasteiger partial charge < -0.3 is 20.1 Å². The average Bonchev–Trinajstić information content (AvgIpc) is 3.29. The number of amides is 2. The Morgan fingerprint density at radius 2 is 1.92 bits per heavy atom. The van der Waals surface area contributed by atoms with Crippen LogP contribution in [0.25, 0.3) is 0 Å². The SMILES string of the molecule is COC(=O)N[C@H](C(=O)NC1=NCc2cc(CC(=O)C[C@H](C)c3ccc(F)cc3)ncc21)C1CCOCC1. The average molecular weight is 511 g/mol. The van der Waals surface area contributed by atoms with E-state index < -0.39 is 12.1 Å². The fraction of sp³-hybridized carbons (Fsp3) is 0.444. The highest BCUT2D eigenvalue weighted by atomic mass is 19.1. The first-order chi connectivity index (χ1) is 17.8. The van der Waals surface area contributed by atoms with E-state index in [2.05, 4.69) is 20.6 Å². The first-order valence-corrected chi connectivity index (χ1v) is 12.4. The Bertz CT molecular complexity index is 1180. The molecule has 0 bridgehead atoms. The van der Waals surface area contributed by atoms with Crippen LogP contribution in [0.2, 0.25) is 0 Å². The predicted molar refractivity (Wildman–Crippen MR) is 134 cm³/mol. The normalized spacial score (nSPS) is 16.8. The van der Waals surface area contributed by atoms with Gasteiger partial charge in [0.25, 0.3) is 0 Å². The van der Waals surface area contributed by atoms with Gasteiger partial charge in [-0.05, 0) is 54.0 Å². The molecule has 10 heteroatoms. The van der Waals surface area contributed by atoms with Crippen LogP contribution in [-0.2, 0) is 32.0 Å². The standard InChI is InChI=1S/C27H31FN4O5/c1-16(17-3-5-20(28)6-4-17)11-22(33)13-21-12-19-14-30-25(23(19)15-29-21)32-26(34)24(31-27(35)36-2)18-7-9-37-10-8-18/h3-6,12,15-16,18,24H,7-11,13-14H2,1-2H3,(H,31,35)(H,30,32,34)/t16-,24-/m0/s1. The number of ketones is 1. The van der Waals surface area contributed by atoms with Gasteiger partial charge in [0.05, 0.1) is 13.7 Å². The number of rotatable bonds is 8. The van der Waals surface area contributed by atoms with Gasteiger partial charge >= 0.3 is 6.09 Å². The van der Waals surface area contributed by atoms with E-state index in [1.54, 1.807) is 18.3 Å². The number of hydrogen-bond acceptors (Lipinski definition) is 7. The molecule has 2 aliphatic rings. The number of fused-ring (bicyclic) bond motifs is 1. The Labute approximate surface area is 214 Å². The van der Waals surface area contributed by atoms with Crippen LogP contribution in [0.4, 0.5) is 9.18 Å². The van der Waals surface area contributed by atoms with Crippen molar-refractivity contribution in [2.24, 2.45) is 10.9 Å². The number of nitrogens with zero attached hydrogens (tertiary/aromatic N) is 2. The minimum atomic E-state index is -0.781. The zero-order chi connectivity index (χ0) is 26.4. The number of ether oxygens (including phenoxy) is 2. The van der Waals surface area contributed by atoms with E-state index in [0.29, 0.717) is 56.1 Å². The molecule has 196 valence electrons. The third kappa shape index (κ3) is 6.76. The molecule has 3 heterocycles. The Balaban J connectivity index is 1.37. The van der Waals surface area contributed by atoms with Gasteiger partial charge in [-0.2, -0.15) is 0 Å². The summed E-state index contributed by atoms with van der Waals surface area (Å²) < 4.78 is 23.2. The Morgan fingerprint density at radius 1 is 1.19 bits per heavy atom. The second-order valence-corrected chi connectivity index (χ2v) is 9.42. The van der Waals surface area contributed by atoms with E-state index in [-0.39, 0.29) is 35.8 Å². The fourth-order valence-corrected chi connectivity index (χ4v) is 4.70. The number of benzene rings is 1. The van der Waals surface area contributed by atoms with Crippen molar-refractivity contribution in [1.29, 1.82) is 0 Å². The number of Topliss-reactive ketones (excluding diaryl/α,β-unsaturated/α-hetero) is 1. The summed E-state index contributed by atoms with van der Waals surface area (Å²) in [4.78, 5) is 46.5. The molecule has 1 aromatic heterocycles. The quantitative estimate of drug-likeness (QED) is 0.564. The molecular weight excluding hydrogens is 479 g/mol. The van der Waals surface area contributed by atoms with Gasteiger partial charge in [0.15, 0.2) is 0 Å². The van der Waals surface area contributed by atoms with Crippen LogP contribution in [-0.4, -0.2) is 55.0 Å². The van der Waals surface area contributed by atoms with Gasteiger partial charge in [0.1, 0.15) is 23.5 Å². The molecular formula is C27H31FN4O5. The van der Waals surface area contributed by atoms with E-state index in [0.717, 1.165) is 11.1 Å². The Hall–Kier alpha value is -3.66. The van der Waals surface area contributed by atoms with Crippen molar-refractivity contribution in [2.75, 3.05) is 20.3 Å². The molecule has 37 heavy (non-hydrogen) atoms. The smallest absolute Gasteiger partial charge is 0.407 e. The zero-order valence-electron chi connectivity index (χ0n) is 21.0. The van der Waals surface area contributed by atoms with Crippen LogP contribution in [0.1, 0.15) is 54.5 Å². The topological polar surface area (TPSA) is 119 Å². The van der Waals surface area contributed by atoms with E-state index in [1.165, 1.54) is 19.2 Å². The lowest BCUT2D eigenvalue weighted by molar-refractivity contribution is -0.123. The molecule has 0 unspecified atom stereocenters. The highest BCUT2D eigenvalue weighted by molar-refractivity contribution is 6.11. The maximum atomic E-state index is 13.2. The maximum Gasteiger partial charge on any atom is 0.407 e. The predicted octanol–water partition coefficient (Wildman–Crippen LogP) is 3.05. The molecule has 1 saturated heterocycles. The van der Waals surface area contributed by atoms with Crippen LogP contribution in [0, 0.1) is 11.7 Å². The van der Waals surface area contributed by atoms with Crippen LogP contribution >= 0.6 is 0 Å². The molecule has 2 atom stereocenters. The van der Waals surface area contributed by atoms with Gasteiger partial charge in [0.2, 0.25) is 5.91 Å². The molecule has 2 aromatic rings. The van der Waals surface area contributed by atoms with Crippen molar-refractivity contribution in [3.8, 4) is 0 Å². The number of carbonyl (C=O) groups excluding carboxylic acids is 3. The van der Waals surface area contributed by atoms with Gasteiger partial charge in [-0.1, -0.05) is 19.1 Å². The van der Waals surface area contributed by atoms with E-state index in [9.17, 15) is 18.8 Å². The summed E-state index contributed by atoms with van der Waals surface area (Å²) in [6.45, 7) is 3.34. The van der Waals surface area contributed by atoms with Crippen LogP contribution in [0.15, 0.2) is 41.5 Å². The largest absolute Gasteiger partial charge is 0.453 e. The molecule has 0 spiro atoms. The number of carbonyl (C=O) groups is 3. The van der Waals surface area contributed by atoms with Gasteiger partial charge in [0, 0.05) is 43.5 Å². The van der Waals surface area contributed by atoms with Crippen LogP contribution in [0.5, 0.6) is 0 Å². The highest BCUT2D eigenvalue weighted by Crippen LogP contribution is 2.23. The third-order valence-corrected chi connectivity index (χ3v) is 6.78. The second kappa shape index (κ2) is 12.1. The molecule has 2 aliphatic heterocycles. The lowest BCUT2D eigenvalue weighted by atomic mass is 9.91. The molecule has 9 nitrogen and oxygen atoms in total. The first kappa shape index (κ1) is 26.4. The molecule has 0 saturated carbocycles. The van der Waals surface area contributed by atoms with Crippen molar-refractivity contribution >= 4 is 23.6 Å². The zero-order valence-corrected chi connectivity index (χ0v) is 21.0. The Morgan fingerprint density at radius 3 is 2.62 bits per heavy atom. The summed E-state index contributed by atoms with van der Waals surface area (Å²) in [5.74, 6) is -0.379. The summed E-state index contributed by atoms with van der Waals surface area (Å²) in [6.07, 6.45) is 2.72. The number of alkyl carbamates (subject to hydrolysis) is 1. The molecule has 2 N–H and O–H groups in total. The van der Waals surface area contributed by atoms with Gasteiger partial charge in [-0.3, -0.25) is 19.6 Å². The molecule has 4 rings (SSSR count). The fourth-order valence-electron chi connectivity index (χ4n) is 4.70. The summed E-state index contributed by atoms with van der Waals surface area (Å²) in [5, 5.41) is 5.48. The second-order valence-electron chi connectivity index (χ2n) is 9.42. The van der Waals surface area contributed by atoms with Crippen molar-refractivity contribution in [3.63, 3.8) is 0 Å². The number of amidine groups is 1. The summed E-state index contributed by atoms with van der Waals surface area (Å²) in [6, 6.07) is 7.23. The summed E-state index contributed by atoms with van der Waals surface area (Å²) in [7, 11) is 1.25. The summed E-state index contributed by atoms with van der Waals surface area (Å²) >= 11 is 0. The molecule has 0 radical (unpaired) electrons. The van der Waals surface area contributed by atoms with Crippen molar-refractivity contribution in [3.05, 3.63) is 64.7 Å². The minimum absolute atomic E-state index is 0.0323. The van der Waals surface area contributed by atoms with Crippen molar-refractivity contribution in [1.82, 2.24) is 15.6 Å². The molecule has 0 aliphatic carbocycles. The minimum Gasteiger partial charge on any atom is -0.453 e. The van der Waals surface area contributed by atoms with E-state index >= 15 is 0 Å². The lowest BCUT2D eigenvalue weighted by Gasteiger charge is -2.29. The van der Waals surface area contributed by atoms with E-state index in [1.807, 2.05) is 13.0 Å².